The Balaban J connectivity index is 2.34. The van der Waals surface area contributed by atoms with Crippen LogP contribution in [-0.4, -0.2) is 24.3 Å². The van der Waals surface area contributed by atoms with Gasteiger partial charge in [-0.15, -0.1) is 0 Å². The molecule has 0 radical (unpaired) electrons. The summed E-state index contributed by atoms with van der Waals surface area (Å²) in [5.74, 6) is 1.56. The molecule has 84 valence electrons. The first kappa shape index (κ1) is 12.0. The zero-order valence-corrected chi connectivity index (χ0v) is 9.63. The molecular weight excluding hydrogens is 174 g/mol. The summed E-state index contributed by atoms with van der Waals surface area (Å²) in [5, 5.41) is 12.8. The summed E-state index contributed by atoms with van der Waals surface area (Å²) in [6, 6.07) is 0.345. The highest BCUT2D eigenvalue weighted by molar-refractivity contribution is 4.80. The quantitative estimate of drug-likeness (QED) is 0.711. The summed E-state index contributed by atoms with van der Waals surface area (Å²) >= 11 is 0. The predicted octanol–water partition coefficient (Wildman–Crippen LogP) is 2.17. The maximum atomic E-state index is 9.33. The van der Waals surface area contributed by atoms with Gasteiger partial charge in [0, 0.05) is 6.04 Å². The third kappa shape index (κ3) is 3.58. The zero-order valence-electron chi connectivity index (χ0n) is 9.63. The summed E-state index contributed by atoms with van der Waals surface area (Å²) in [5.41, 5.74) is 0. The Bertz CT molecular complexity index is 149. The van der Waals surface area contributed by atoms with Crippen molar-refractivity contribution in [1.82, 2.24) is 5.32 Å². The van der Waals surface area contributed by atoms with E-state index in [1.807, 2.05) is 0 Å². The lowest BCUT2D eigenvalue weighted by atomic mass is 9.79. The van der Waals surface area contributed by atoms with E-state index in [0.29, 0.717) is 18.6 Å². The molecule has 0 heterocycles. The van der Waals surface area contributed by atoms with Gasteiger partial charge in [0.15, 0.2) is 0 Å². The molecule has 0 bridgehead atoms. The van der Waals surface area contributed by atoms with Crippen molar-refractivity contribution < 1.29 is 5.11 Å². The van der Waals surface area contributed by atoms with Crippen LogP contribution in [0.4, 0.5) is 0 Å². The van der Waals surface area contributed by atoms with Crippen LogP contribution in [0.25, 0.3) is 0 Å². The molecule has 1 aliphatic rings. The number of nitrogens with one attached hydrogen (secondary N) is 1. The number of rotatable bonds is 5. The molecule has 0 aromatic carbocycles. The molecule has 0 aliphatic heterocycles. The molecule has 0 spiro atoms. The van der Waals surface area contributed by atoms with E-state index in [2.05, 4.69) is 19.2 Å². The highest BCUT2D eigenvalue weighted by atomic mass is 16.3. The first-order chi connectivity index (χ1) is 6.77. The molecule has 1 fully saturated rings. The molecule has 3 unspecified atom stereocenters. The second-order valence-corrected chi connectivity index (χ2v) is 4.78. The van der Waals surface area contributed by atoms with Gasteiger partial charge in [-0.3, -0.25) is 0 Å². The average molecular weight is 199 g/mol. The number of hydrogen-bond donors (Lipinski definition) is 2. The zero-order chi connectivity index (χ0) is 10.4. The lowest BCUT2D eigenvalue weighted by Crippen LogP contribution is -2.41. The molecule has 2 N–H and O–H groups in total. The minimum atomic E-state index is 0.303. The Morgan fingerprint density at radius 3 is 2.79 bits per heavy atom. The maximum absolute atomic E-state index is 9.33. The molecule has 0 amide bonds. The van der Waals surface area contributed by atoms with Crippen LogP contribution in [-0.2, 0) is 0 Å². The number of aliphatic hydroxyl groups is 1. The van der Waals surface area contributed by atoms with E-state index in [1.165, 1.54) is 25.7 Å². The fourth-order valence-electron chi connectivity index (χ4n) is 2.56. The second-order valence-electron chi connectivity index (χ2n) is 4.78. The molecule has 1 rings (SSSR count). The minimum Gasteiger partial charge on any atom is -0.395 e. The van der Waals surface area contributed by atoms with E-state index >= 15 is 0 Å². The van der Waals surface area contributed by atoms with Gasteiger partial charge in [0.2, 0.25) is 0 Å². The van der Waals surface area contributed by atoms with Crippen LogP contribution in [0.2, 0.25) is 0 Å². The average Bonchev–Trinajstić information content (AvgIpc) is 2.19. The summed E-state index contributed by atoms with van der Waals surface area (Å²) in [7, 11) is 0. The molecular formula is C12H25NO. The highest BCUT2D eigenvalue weighted by Crippen LogP contribution is 2.30. The van der Waals surface area contributed by atoms with Crippen LogP contribution in [0.3, 0.4) is 0 Å². The van der Waals surface area contributed by atoms with Gasteiger partial charge in [-0.05, 0) is 37.6 Å². The largest absolute Gasteiger partial charge is 0.395 e. The van der Waals surface area contributed by atoms with Crippen molar-refractivity contribution in [2.75, 3.05) is 13.2 Å². The number of hydrogen-bond acceptors (Lipinski definition) is 2. The Labute approximate surface area is 88.1 Å². The predicted molar refractivity (Wildman–Crippen MR) is 60.3 cm³/mol. The Hall–Kier alpha value is -0.0800. The van der Waals surface area contributed by atoms with Crippen LogP contribution < -0.4 is 5.32 Å². The van der Waals surface area contributed by atoms with Crippen molar-refractivity contribution in [3.05, 3.63) is 0 Å². The minimum absolute atomic E-state index is 0.303. The SMILES string of the molecule is CCCNC(CO)C1CCCC(C)C1. The van der Waals surface area contributed by atoms with Crippen LogP contribution in [0.5, 0.6) is 0 Å². The molecule has 2 heteroatoms. The molecule has 2 nitrogen and oxygen atoms in total. The van der Waals surface area contributed by atoms with Gasteiger partial charge >= 0.3 is 0 Å². The van der Waals surface area contributed by atoms with Gasteiger partial charge in [0.05, 0.1) is 6.61 Å². The summed E-state index contributed by atoms with van der Waals surface area (Å²) in [4.78, 5) is 0. The van der Waals surface area contributed by atoms with Crippen LogP contribution in [0, 0.1) is 11.8 Å². The smallest absolute Gasteiger partial charge is 0.0587 e. The molecule has 1 aliphatic carbocycles. The van der Waals surface area contributed by atoms with E-state index in [9.17, 15) is 5.11 Å². The van der Waals surface area contributed by atoms with Crippen LogP contribution in [0.15, 0.2) is 0 Å². The van der Waals surface area contributed by atoms with Crippen molar-refractivity contribution >= 4 is 0 Å². The van der Waals surface area contributed by atoms with Crippen LogP contribution >= 0.6 is 0 Å². The van der Waals surface area contributed by atoms with Gasteiger partial charge in [-0.2, -0.15) is 0 Å². The standard InChI is InChI=1S/C12H25NO/c1-3-7-13-12(9-14)11-6-4-5-10(2)8-11/h10-14H,3-9H2,1-2H3. The van der Waals surface area contributed by atoms with E-state index in [-0.39, 0.29) is 0 Å². The van der Waals surface area contributed by atoms with Gasteiger partial charge in [-0.25, -0.2) is 0 Å². The Kier molecular flexibility index (Phi) is 5.49. The number of aliphatic hydroxyl groups excluding tert-OH is 1. The third-order valence-electron chi connectivity index (χ3n) is 3.40. The van der Waals surface area contributed by atoms with Crippen molar-refractivity contribution in [2.45, 2.75) is 52.0 Å². The first-order valence-corrected chi connectivity index (χ1v) is 6.12. The fraction of sp³-hybridized carbons (Fsp3) is 1.00. The normalized spacial score (nSPS) is 30.2. The van der Waals surface area contributed by atoms with E-state index in [0.717, 1.165) is 18.9 Å². The lowest BCUT2D eigenvalue weighted by molar-refractivity contribution is 0.153. The Morgan fingerprint density at radius 1 is 1.43 bits per heavy atom. The van der Waals surface area contributed by atoms with E-state index in [4.69, 9.17) is 0 Å². The fourth-order valence-corrected chi connectivity index (χ4v) is 2.56. The lowest BCUT2D eigenvalue weighted by Gasteiger charge is -2.32. The van der Waals surface area contributed by atoms with Crippen molar-refractivity contribution in [2.24, 2.45) is 11.8 Å². The van der Waals surface area contributed by atoms with Crippen molar-refractivity contribution in [3.8, 4) is 0 Å². The van der Waals surface area contributed by atoms with Crippen molar-refractivity contribution in [1.29, 1.82) is 0 Å². The summed E-state index contributed by atoms with van der Waals surface area (Å²) in [6.45, 7) is 5.85. The molecule has 0 saturated heterocycles. The van der Waals surface area contributed by atoms with Gasteiger partial charge in [-0.1, -0.05) is 26.7 Å². The van der Waals surface area contributed by atoms with Crippen molar-refractivity contribution in [3.63, 3.8) is 0 Å². The monoisotopic (exact) mass is 199 g/mol. The maximum Gasteiger partial charge on any atom is 0.0587 e. The summed E-state index contributed by atoms with van der Waals surface area (Å²) < 4.78 is 0. The van der Waals surface area contributed by atoms with Gasteiger partial charge < -0.3 is 10.4 Å². The molecule has 0 aromatic heterocycles. The summed E-state index contributed by atoms with van der Waals surface area (Å²) in [6.07, 6.45) is 6.46. The van der Waals surface area contributed by atoms with Gasteiger partial charge in [0.25, 0.3) is 0 Å². The Morgan fingerprint density at radius 2 is 2.21 bits per heavy atom. The second kappa shape index (κ2) is 6.41. The highest BCUT2D eigenvalue weighted by Gasteiger charge is 2.25. The molecule has 1 saturated carbocycles. The molecule has 3 atom stereocenters. The topological polar surface area (TPSA) is 32.3 Å². The first-order valence-electron chi connectivity index (χ1n) is 6.12. The molecule has 0 aromatic rings. The van der Waals surface area contributed by atoms with E-state index in [1.54, 1.807) is 0 Å². The van der Waals surface area contributed by atoms with Gasteiger partial charge in [0.1, 0.15) is 0 Å². The van der Waals surface area contributed by atoms with Crippen LogP contribution in [0.1, 0.15) is 46.0 Å². The van der Waals surface area contributed by atoms with E-state index < -0.39 is 0 Å². The third-order valence-corrected chi connectivity index (χ3v) is 3.40. The molecule has 14 heavy (non-hydrogen) atoms.